The fraction of sp³-hybridized carbons (Fsp3) is 0.318. The van der Waals surface area contributed by atoms with E-state index in [1.165, 1.54) is 11.9 Å². The number of para-hydroxylation sites is 1. The van der Waals surface area contributed by atoms with Gasteiger partial charge in [-0.3, -0.25) is 9.59 Å². The van der Waals surface area contributed by atoms with Gasteiger partial charge < -0.3 is 19.7 Å². The molecule has 2 amide bonds. The summed E-state index contributed by atoms with van der Waals surface area (Å²) in [5.41, 5.74) is 1.25. The van der Waals surface area contributed by atoms with Crippen molar-refractivity contribution in [3.8, 4) is 5.75 Å². The average molecular weight is 396 g/mol. The number of hydrogen-bond donors (Lipinski definition) is 1. The second-order valence-electron chi connectivity index (χ2n) is 6.97. The van der Waals surface area contributed by atoms with Crippen LogP contribution in [-0.4, -0.2) is 48.9 Å². The monoisotopic (exact) mass is 396 g/mol. The maximum absolute atomic E-state index is 12.1. The lowest BCUT2D eigenvalue weighted by atomic mass is 10.1. The molecule has 0 atom stereocenters. The Kier molecular flexibility index (Phi) is 6.84. The first kappa shape index (κ1) is 20.4. The molecule has 2 aromatic carbocycles. The molecule has 2 aromatic rings. The molecule has 0 aromatic heterocycles. The lowest BCUT2D eigenvalue weighted by Crippen LogP contribution is -2.40. The van der Waals surface area contributed by atoms with Gasteiger partial charge in [-0.2, -0.15) is 0 Å². The van der Waals surface area contributed by atoms with Crippen LogP contribution in [0.1, 0.15) is 28.8 Å². The summed E-state index contributed by atoms with van der Waals surface area (Å²) in [5.74, 6) is -0.464. The summed E-state index contributed by atoms with van der Waals surface area (Å²) in [6.07, 6.45) is 1.97. The highest BCUT2D eigenvalue weighted by Crippen LogP contribution is 2.18. The third-order valence-electron chi connectivity index (χ3n) is 4.41. The van der Waals surface area contributed by atoms with Gasteiger partial charge in [0.2, 0.25) is 5.91 Å². The van der Waals surface area contributed by atoms with Gasteiger partial charge in [-0.05, 0) is 42.7 Å². The van der Waals surface area contributed by atoms with Crippen LogP contribution in [0.3, 0.4) is 0 Å². The summed E-state index contributed by atoms with van der Waals surface area (Å²) >= 11 is 0. The SMILES string of the molecule is CN(CC(=O)NC1CC1)C(=O)COC(=O)c1ccc(COc2ccccc2)cc1. The van der Waals surface area contributed by atoms with Crippen molar-refractivity contribution in [1.29, 1.82) is 0 Å². The number of nitrogens with zero attached hydrogens (tertiary/aromatic N) is 1. The third kappa shape index (κ3) is 6.64. The number of carbonyl (C=O) groups excluding carboxylic acids is 3. The predicted molar refractivity (Wildman–Crippen MR) is 106 cm³/mol. The van der Waals surface area contributed by atoms with Gasteiger partial charge in [0, 0.05) is 13.1 Å². The van der Waals surface area contributed by atoms with Gasteiger partial charge >= 0.3 is 5.97 Å². The van der Waals surface area contributed by atoms with Crippen molar-refractivity contribution in [3.63, 3.8) is 0 Å². The smallest absolute Gasteiger partial charge is 0.338 e. The minimum Gasteiger partial charge on any atom is -0.489 e. The molecular formula is C22H24N2O5. The first-order valence-corrected chi connectivity index (χ1v) is 9.48. The van der Waals surface area contributed by atoms with Crippen molar-refractivity contribution in [3.05, 3.63) is 65.7 Å². The number of esters is 1. The molecule has 1 N–H and O–H groups in total. The Balaban J connectivity index is 1.41. The molecule has 0 radical (unpaired) electrons. The first-order valence-electron chi connectivity index (χ1n) is 9.48. The molecule has 0 heterocycles. The normalized spacial score (nSPS) is 12.7. The lowest BCUT2D eigenvalue weighted by Gasteiger charge is -2.16. The number of benzene rings is 2. The molecule has 3 rings (SSSR count). The van der Waals surface area contributed by atoms with E-state index in [1.807, 2.05) is 30.3 Å². The number of amides is 2. The van der Waals surface area contributed by atoms with Crippen molar-refractivity contribution in [1.82, 2.24) is 10.2 Å². The number of likely N-dealkylation sites (N-methyl/N-ethyl adjacent to an activating group) is 1. The van der Waals surface area contributed by atoms with Crippen LogP contribution in [0.4, 0.5) is 0 Å². The van der Waals surface area contributed by atoms with Gasteiger partial charge in [0.05, 0.1) is 12.1 Å². The molecule has 1 aliphatic rings. The second-order valence-corrected chi connectivity index (χ2v) is 6.97. The van der Waals surface area contributed by atoms with E-state index in [-0.39, 0.29) is 18.5 Å². The number of hydrogen-bond acceptors (Lipinski definition) is 5. The van der Waals surface area contributed by atoms with E-state index in [0.717, 1.165) is 24.2 Å². The van der Waals surface area contributed by atoms with Gasteiger partial charge in [-0.1, -0.05) is 30.3 Å². The summed E-state index contributed by atoms with van der Waals surface area (Å²) in [5, 5.41) is 2.81. The molecule has 0 aliphatic heterocycles. The van der Waals surface area contributed by atoms with Crippen molar-refractivity contribution in [2.24, 2.45) is 0 Å². The van der Waals surface area contributed by atoms with Crippen LogP contribution in [0, 0.1) is 0 Å². The van der Waals surface area contributed by atoms with Gasteiger partial charge in [-0.25, -0.2) is 4.79 Å². The Labute approximate surface area is 169 Å². The predicted octanol–water partition coefficient (Wildman–Crippen LogP) is 2.16. The number of nitrogens with one attached hydrogen (secondary N) is 1. The van der Waals surface area contributed by atoms with Crippen LogP contribution in [0.5, 0.6) is 5.75 Å². The van der Waals surface area contributed by atoms with Gasteiger partial charge in [0.25, 0.3) is 5.91 Å². The Bertz CT molecular complexity index is 847. The largest absolute Gasteiger partial charge is 0.489 e. The Morgan fingerprint density at radius 1 is 1.03 bits per heavy atom. The zero-order valence-corrected chi connectivity index (χ0v) is 16.3. The van der Waals surface area contributed by atoms with Crippen LogP contribution in [0.15, 0.2) is 54.6 Å². The fourth-order valence-corrected chi connectivity index (χ4v) is 2.55. The Hall–Kier alpha value is -3.35. The van der Waals surface area contributed by atoms with Gasteiger partial charge in [0.15, 0.2) is 6.61 Å². The summed E-state index contributed by atoms with van der Waals surface area (Å²) in [7, 11) is 1.50. The zero-order valence-electron chi connectivity index (χ0n) is 16.3. The molecule has 0 saturated heterocycles. The number of carbonyl (C=O) groups is 3. The fourth-order valence-electron chi connectivity index (χ4n) is 2.55. The maximum atomic E-state index is 12.1. The van der Waals surface area contributed by atoms with Crippen LogP contribution in [-0.2, 0) is 20.9 Å². The van der Waals surface area contributed by atoms with E-state index < -0.39 is 18.5 Å². The minimum absolute atomic E-state index is 0.0526. The third-order valence-corrected chi connectivity index (χ3v) is 4.41. The topological polar surface area (TPSA) is 84.9 Å². The van der Waals surface area contributed by atoms with Crippen LogP contribution < -0.4 is 10.1 Å². The molecule has 152 valence electrons. The molecule has 1 fully saturated rings. The summed E-state index contributed by atoms with van der Waals surface area (Å²) in [6.45, 7) is -0.0839. The van der Waals surface area contributed by atoms with E-state index in [9.17, 15) is 14.4 Å². The molecule has 0 unspecified atom stereocenters. The molecule has 29 heavy (non-hydrogen) atoms. The van der Waals surface area contributed by atoms with Crippen molar-refractivity contribution < 1.29 is 23.9 Å². The van der Waals surface area contributed by atoms with Crippen molar-refractivity contribution in [2.75, 3.05) is 20.2 Å². The van der Waals surface area contributed by atoms with Crippen molar-refractivity contribution >= 4 is 17.8 Å². The van der Waals surface area contributed by atoms with E-state index in [4.69, 9.17) is 9.47 Å². The standard InChI is InChI=1S/C22H24N2O5/c1-24(13-20(25)23-18-11-12-18)21(26)15-29-22(27)17-9-7-16(8-10-17)14-28-19-5-3-2-4-6-19/h2-10,18H,11-15H2,1H3,(H,23,25). The molecule has 7 heteroatoms. The number of rotatable bonds is 9. The highest BCUT2D eigenvalue weighted by Gasteiger charge is 2.24. The van der Waals surface area contributed by atoms with E-state index in [0.29, 0.717) is 12.2 Å². The molecule has 0 bridgehead atoms. The molecular weight excluding hydrogens is 372 g/mol. The Morgan fingerprint density at radius 3 is 2.38 bits per heavy atom. The maximum Gasteiger partial charge on any atom is 0.338 e. The first-order chi connectivity index (χ1) is 14.0. The summed E-state index contributed by atoms with van der Waals surface area (Å²) < 4.78 is 10.7. The molecule has 1 aliphatic carbocycles. The van der Waals surface area contributed by atoms with Crippen LogP contribution in [0.25, 0.3) is 0 Å². The second kappa shape index (κ2) is 9.73. The highest BCUT2D eigenvalue weighted by atomic mass is 16.5. The van der Waals surface area contributed by atoms with E-state index in [1.54, 1.807) is 24.3 Å². The lowest BCUT2D eigenvalue weighted by molar-refractivity contribution is -0.137. The van der Waals surface area contributed by atoms with Gasteiger partial charge in [-0.15, -0.1) is 0 Å². The van der Waals surface area contributed by atoms with E-state index >= 15 is 0 Å². The zero-order chi connectivity index (χ0) is 20.6. The summed E-state index contributed by atoms with van der Waals surface area (Å²) in [6, 6.07) is 16.5. The quantitative estimate of drug-likeness (QED) is 0.657. The highest BCUT2D eigenvalue weighted by molar-refractivity contribution is 5.92. The van der Waals surface area contributed by atoms with Gasteiger partial charge in [0.1, 0.15) is 12.4 Å². The molecule has 1 saturated carbocycles. The van der Waals surface area contributed by atoms with E-state index in [2.05, 4.69) is 5.32 Å². The van der Waals surface area contributed by atoms with Crippen LogP contribution >= 0.6 is 0 Å². The average Bonchev–Trinajstić information content (AvgIpc) is 3.55. The van der Waals surface area contributed by atoms with Crippen molar-refractivity contribution in [2.45, 2.75) is 25.5 Å². The Morgan fingerprint density at radius 2 is 1.72 bits per heavy atom. The minimum atomic E-state index is -0.593. The number of ether oxygens (including phenoxy) is 2. The molecule has 0 spiro atoms. The summed E-state index contributed by atoms with van der Waals surface area (Å²) in [4.78, 5) is 37.1. The molecule has 7 nitrogen and oxygen atoms in total. The van der Waals surface area contributed by atoms with Crippen LogP contribution in [0.2, 0.25) is 0 Å².